The fraction of sp³-hybridized carbons (Fsp3) is 0.286. The van der Waals surface area contributed by atoms with Crippen molar-refractivity contribution in [3.05, 3.63) is 123 Å². The molecular formula is C42H38ClF2N5O7. The Morgan fingerprint density at radius 2 is 1.56 bits per heavy atom. The number of imide groups is 2. The van der Waals surface area contributed by atoms with Crippen LogP contribution in [-0.4, -0.2) is 71.6 Å². The van der Waals surface area contributed by atoms with E-state index in [4.69, 9.17) is 22.1 Å². The number of hydrogen-bond acceptors (Lipinski definition) is 8. The second-order valence-electron chi connectivity index (χ2n) is 14.3. The number of hydrogen-bond donors (Lipinski definition) is 4. The Labute approximate surface area is 331 Å². The number of benzene rings is 4. The number of carbonyl (C=O) groups is 6. The number of amides is 6. The molecule has 6 amide bonds. The van der Waals surface area contributed by atoms with Crippen LogP contribution >= 0.6 is 11.6 Å². The molecule has 2 heterocycles. The van der Waals surface area contributed by atoms with Crippen molar-refractivity contribution in [1.29, 1.82) is 0 Å². The second kappa shape index (κ2) is 16.6. The standard InChI is InChI=1S/C42H38ClF2N5O7/c43-32-14-6-23(18-30(32)37-28(39(46)53)13-15-33(44)38(37)45)31(22-4-2-1-3-5-22)20-47-24-7-9-25(10-8-24)48-36(52)21-57-26-11-12-27-29(19-26)42(56)50(41(27)55)34-16-17-35(51)49-40(34)54/h1-6,11-15,18-19,24-25,31,34,47H,7-10,16-17,20-21H2,(H2,46,53)(H,48,52)(H,49,51,54)/t24?,25?,31-,34?/m1/s1. The third-order valence-electron chi connectivity index (χ3n) is 10.7. The number of nitrogens with two attached hydrogens (primary N) is 1. The molecule has 4 aromatic rings. The van der Waals surface area contributed by atoms with Crippen LogP contribution in [0.5, 0.6) is 5.75 Å². The van der Waals surface area contributed by atoms with Gasteiger partial charge in [0.2, 0.25) is 17.7 Å². The Morgan fingerprint density at radius 3 is 2.28 bits per heavy atom. The molecule has 5 N–H and O–H groups in total. The van der Waals surface area contributed by atoms with Gasteiger partial charge in [-0.25, -0.2) is 8.78 Å². The quantitative estimate of drug-likeness (QED) is 0.145. The lowest BCUT2D eigenvalue weighted by molar-refractivity contribution is -0.136. The molecule has 294 valence electrons. The molecule has 2 fully saturated rings. The largest absolute Gasteiger partial charge is 0.484 e. The van der Waals surface area contributed by atoms with E-state index in [1.807, 2.05) is 36.4 Å². The minimum Gasteiger partial charge on any atom is -0.484 e. The second-order valence-corrected chi connectivity index (χ2v) is 14.7. The van der Waals surface area contributed by atoms with E-state index in [1.165, 1.54) is 18.2 Å². The molecule has 7 rings (SSSR count). The van der Waals surface area contributed by atoms with Crippen LogP contribution in [0.4, 0.5) is 8.78 Å². The molecule has 3 aliphatic rings. The first kappa shape index (κ1) is 39.3. The molecule has 2 aliphatic heterocycles. The zero-order valence-corrected chi connectivity index (χ0v) is 31.2. The Hall–Kier alpha value is -5.99. The van der Waals surface area contributed by atoms with Gasteiger partial charge in [-0.05, 0) is 85.7 Å². The van der Waals surface area contributed by atoms with Gasteiger partial charge in [-0.15, -0.1) is 0 Å². The van der Waals surface area contributed by atoms with Crippen molar-refractivity contribution < 1.29 is 42.3 Å². The minimum atomic E-state index is -1.22. The summed E-state index contributed by atoms with van der Waals surface area (Å²) in [6.45, 7) is 0.174. The van der Waals surface area contributed by atoms with Crippen molar-refractivity contribution in [3.63, 3.8) is 0 Å². The molecule has 1 unspecified atom stereocenters. The summed E-state index contributed by atoms with van der Waals surface area (Å²) in [4.78, 5) is 75.9. The highest BCUT2D eigenvalue weighted by Crippen LogP contribution is 2.38. The van der Waals surface area contributed by atoms with E-state index in [0.717, 1.165) is 41.0 Å². The third-order valence-corrected chi connectivity index (χ3v) is 11.0. The normalized spacial score (nSPS) is 19.8. The summed E-state index contributed by atoms with van der Waals surface area (Å²) in [7, 11) is 0. The highest BCUT2D eigenvalue weighted by Gasteiger charge is 2.44. The summed E-state index contributed by atoms with van der Waals surface area (Å²) in [5, 5.41) is 8.95. The molecule has 1 saturated carbocycles. The lowest BCUT2D eigenvalue weighted by Crippen LogP contribution is -2.54. The van der Waals surface area contributed by atoms with Gasteiger partial charge >= 0.3 is 0 Å². The summed E-state index contributed by atoms with van der Waals surface area (Å²) < 4.78 is 35.3. The zero-order chi connectivity index (χ0) is 40.4. The summed E-state index contributed by atoms with van der Waals surface area (Å²) in [5.41, 5.74) is 7.09. The van der Waals surface area contributed by atoms with Crippen LogP contribution in [0.25, 0.3) is 11.1 Å². The number of carbonyl (C=O) groups excluding carboxylic acids is 6. The number of primary amides is 1. The Kier molecular flexibility index (Phi) is 11.4. The van der Waals surface area contributed by atoms with E-state index in [2.05, 4.69) is 16.0 Å². The fourth-order valence-corrected chi connectivity index (χ4v) is 7.98. The van der Waals surface area contributed by atoms with Crippen LogP contribution in [0.1, 0.15) is 86.6 Å². The van der Waals surface area contributed by atoms with E-state index in [9.17, 15) is 33.2 Å². The number of rotatable bonds is 12. The fourth-order valence-electron chi connectivity index (χ4n) is 7.77. The van der Waals surface area contributed by atoms with Gasteiger partial charge in [-0.2, -0.15) is 0 Å². The number of halogens is 3. The van der Waals surface area contributed by atoms with Gasteiger partial charge in [0.15, 0.2) is 18.2 Å². The summed E-state index contributed by atoms with van der Waals surface area (Å²) in [6, 6.07) is 20.0. The third kappa shape index (κ3) is 8.28. The van der Waals surface area contributed by atoms with Gasteiger partial charge in [0.1, 0.15) is 11.8 Å². The maximum atomic E-state index is 15.2. The number of piperidine rings is 1. The topological polar surface area (TPSA) is 177 Å². The smallest absolute Gasteiger partial charge is 0.262 e. The summed E-state index contributed by atoms with van der Waals surface area (Å²) in [6.07, 6.45) is 2.98. The highest BCUT2D eigenvalue weighted by atomic mass is 35.5. The summed E-state index contributed by atoms with van der Waals surface area (Å²) >= 11 is 6.51. The van der Waals surface area contributed by atoms with Crippen LogP contribution in [0, 0.1) is 11.6 Å². The monoisotopic (exact) mass is 797 g/mol. The Balaban J connectivity index is 0.943. The molecule has 15 heteroatoms. The van der Waals surface area contributed by atoms with E-state index in [-0.39, 0.29) is 81.9 Å². The van der Waals surface area contributed by atoms with Gasteiger partial charge < -0.3 is 21.1 Å². The van der Waals surface area contributed by atoms with Crippen LogP contribution < -0.4 is 26.4 Å². The molecule has 1 aliphatic carbocycles. The lowest BCUT2D eigenvalue weighted by Gasteiger charge is -2.31. The SMILES string of the molecule is NC(=O)c1ccc(F)c(F)c1-c1cc([C@H](CNC2CCC(NC(=O)COc3ccc4c(c3)C(=O)N(C3CCC(=O)NC3=O)C4=O)CC2)c2ccccc2)ccc1Cl. The van der Waals surface area contributed by atoms with Crippen molar-refractivity contribution in [2.45, 2.75) is 62.6 Å². The molecule has 0 spiro atoms. The van der Waals surface area contributed by atoms with Gasteiger partial charge in [-0.1, -0.05) is 48.0 Å². The predicted octanol–water partition coefficient (Wildman–Crippen LogP) is 5.01. The van der Waals surface area contributed by atoms with Crippen molar-refractivity contribution in [3.8, 4) is 16.9 Å². The maximum absolute atomic E-state index is 15.2. The number of nitrogens with one attached hydrogen (secondary N) is 3. The van der Waals surface area contributed by atoms with E-state index in [0.29, 0.717) is 19.4 Å². The lowest BCUT2D eigenvalue weighted by atomic mass is 9.87. The minimum absolute atomic E-state index is 0.0120. The molecule has 12 nitrogen and oxygen atoms in total. The van der Waals surface area contributed by atoms with Crippen LogP contribution in [-0.2, 0) is 14.4 Å². The van der Waals surface area contributed by atoms with Gasteiger partial charge in [-0.3, -0.25) is 39.0 Å². The number of fused-ring (bicyclic) bond motifs is 1. The van der Waals surface area contributed by atoms with Crippen LogP contribution in [0.3, 0.4) is 0 Å². The molecule has 0 bridgehead atoms. The first-order chi connectivity index (χ1) is 27.4. The van der Waals surface area contributed by atoms with E-state index >= 15 is 4.39 Å². The molecular weight excluding hydrogens is 760 g/mol. The van der Waals surface area contributed by atoms with Gasteiger partial charge in [0, 0.05) is 47.1 Å². The maximum Gasteiger partial charge on any atom is 0.262 e. The summed E-state index contributed by atoms with van der Waals surface area (Å²) in [5.74, 6) is -6.09. The molecule has 57 heavy (non-hydrogen) atoms. The average molecular weight is 798 g/mol. The highest BCUT2D eigenvalue weighted by molar-refractivity contribution is 6.33. The molecule has 2 atom stereocenters. The van der Waals surface area contributed by atoms with E-state index in [1.54, 1.807) is 12.1 Å². The van der Waals surface area contributed by atoms with E-state index < -0.39 is 47.2 Å². The Morgan fingerprint density at radius 1 is 0.842 bits per heavy atom. The van der Waals surface area contributed by atoms with Crippen LogP contribution in [0.2, 0.25) is 5.02 Å². The van der Waals surface area contributed by atoms with Crippen molar-refractivity contribution in [1.82, 2.24) is 20.9 Å². The first-order valence-electron chi connectivity index (χ1n) is 18.5. The van der Waals surface area contributed by atoms with Crippen molar-refractivity contribution >= 4 is 47.0 Å². The Bertz CT molecular complexity index is 2280. The molecule has 4 aromatic carbocycles. The zero-order valence-electron chi connectivity index (χ0n) is 30.5. The average Bonchev–Trinajstić information content (AvgIpc) is 3.44. The molecule has 1 saturated heterocycles. The van der Waals surface area contributed by atoms with Crippen LogP contribution in [0.15, 0.2) is 78.9 Å². The molecule has 0 aromatic heterocycles. The first-order valence-corrected chi connectivity index (χ1v) is 18.9. The van der Waals surface area contributed by atoms with Gasteiger partial charge in [0.05, 0.1) is 16.7 Å². The van der Waals surface area contributed by atoms with Crippen molar-refractivity contribution in [2.24, 2.45) is 5.73 Å². The number of ether oxygens (including phenoxy) is 1. The van der Waals surface area contributed by atoms with Gasteiger partial charge in [0.25, 0.3) is 17.7 Å². The molecule has 0 radical (unpaired) electrons. The van der Waals surface area contributed by atoms with Crippen molar-refractivity contribution in [2.75, 3.05) is 13.2 Å². The number of nitrogens with zero attached hydrogens (tertiary/aromatic N) is 1. The predicted molar refractivity (Wildman–Crippen MR) is 204 cm³/mol.